The summed E-state index contributed by atoms with van der Waals surface area (Å²) in [5, 5.41) is 11.0. The molecule has 0 radical (unpaired) electrons. The molecule has 1 amide bonds. The van der Waals surface area contributed by atoms with Crippen LogP contribution in [0, 0.1) is 0 Å². The number of rotatable bonds is 7. The van der Waals surface area contributed by atoms with E-state index in [1.807, 2.05) is 0 Å². The van der Waals surface area contributed by atoms with Crippen molar-refractivity contribution in [2.75, 3.05) is 5.32 Å². The van der Waals surface area contributed by atoms with Gasteiger partial charge in [0.25, 0.3) is 5.91 Å². The van der Waals surface area contributed by atoms with Gasteiger partial charge in [-0.15, -0.1) is 0 Å². The third-order valence-electron chi connectivity index (χ3n) is 3.91. The van der Waals surface area contributed by atoms with Crippen molar-refractivity contribution in [2.45, 2.75) is 11.1 Å². The molecule has 8 nitrogen and oxygen atoms in total. The van der Waals surface area contributed by atoms with Gasteiger partial charge in [-0.2, -0.15) is 0 Å². The van der Waals surface area contributed by atoms with Gasteiger partial charge in [-0.05, 0) is 60.7 Å². The normalized spacial score (nSPS) is 12.2. The lowest BCUT2D eigenvalue weighted by Gasteiger charge is -2.20. The number of ketones is 1. The van der Waals surface area contributed by atoms with Crippen LogP contribution < -0.4 is 15.8 Å². The van der Waals surface area contributed by atoms with E-state index in [1.165, 1.54) is 48.7 Å². The molecule has 3 aromatic rings. The number of hydrogen-bond acceptors (Lipinski definition) is 6. The number of sulfonamides is 1. The van der Waals surface area contributed by atoms with Crippen LogP contribution in [0.15, 0.2) is 76.2 Å². The second kappa shape index (κ2) is 8.48. The second-order valence-corrected chi connectivity index (χ2v) is 7.97. The fourth-order valence-electron chi connectivity index (χ4n) is 2.47. The lowest BCUT2D eigenvalue weighted by atomic mass is 10.1. The van der Waals surface area contributed by atoms with E-state index in [1.54, 1.807) is 18.2 Å². The van der Waals surface area contributed by atoms with Gasteiger partial charge in [0.1, 0.15) is 0 Å². The van der Waals surface area contributed by atoms with Gasteiger partial charge in [-0.1, -0.05) is 11.6 Å². The van der Waals surface area contributed by atoms with Gasteiger partial charge >= 0.3 is 0 Å². The van der Waals surface area contributed by atoms with Crippen LogP contribution in [0.1, 0.15) is 20.9 Å². The Hall–Kier alpha value is -3.14. The molecule has 0 spiro atoms. The molecule has 0 bridgehead atoms. The van der Waals surface area contributed by atoms with Crippen molar-refractivity contribution in [1.29, 1.82) is 0 Å². The summed E-state index contributed by atoms with van der Waals surface area (Å²) in [4.78, 5) is 25.2. The van der Waals surface area contributed by atoms with Crippen molar-refractivity contribution in [3.8, 4) is 0 Å². The lowest BCUT2D eigenvalue weighted by Crippen LogP contribution is -2.46. The van der Waals surface area contributed by atoms with Crippen molar-refractivity contribution in [3.63, 3.8) is 0 Å². The molecule has 0 saturated heterocycles. The highest BCUT2D eigenvalue weighted by Crippen LogP contribution is 2.16. The number of halogens is 1. The molecule has 0 aliphatic carbocycles. The smallest absolute Gasteiger partial charge is 0.288 e. The molecule has 0 aliphatic rings. The molecule has 1 heterocycles. The van der Waals surface area contributed by atoms with Crippen LogP contribution in [0.3, 0.4) is 0 Å². The standard InChI is InChI=1S/C19H16ClN3O5S/c20-13-5-3-12(4-6-13)17(24)18(23-19(25)16-2-1-11-28-16)22-14-7-9-15(10-8-14)29(21,26)27/h1-11,18,22H,(H,23,25)(H2,21,26,27)/t18-/m1/s1. The van der Waals surface area contributed by atoms with Gasteiger partial charge in [0, 0.05) is 16.3 Å². The molecule has 3 rings (SSSR count). The molecule has 0 saturated carbocycles. The Balaban J connectivity index is 1.86. The summed E-state index contributed by atoms with van der Waals surface area (Å²) in [6.07, 6.45) is 0.179. The van der Waals surface area contributed by atoms with Crippen molar-refractivity contribution in [1.82, 2.24) is 5.32 Å². The van der Waals surface area contributed by atoms with Gasteiger partial charge < -0.3 is 15.1 Å². The molecule has 0 aliphatic heterocycles. The van der Waals surface area contributed by atoms with E-state index in [2.05, 4.69) is 10.6 Å². The summed E-state index contributed by atoms with van der Waals surface area (Å²) in [7, 11) is -3.85. The second-order valence-electron chi connectivity index (χ2n) is 5.97. The van der Waals surface area contributed by atoms with Gasteiger partial charge in [-0.25, -0.2) is 13.6 Å². The molecule has 150 valence electrons. The van der Waals surface area contributed by atoms with Gasteiger partial charge in [0.15, 0.2) is 11.9 Å². The predicted molar refractivity (Wildman–Crippen MR) is 107 cm³/mol. The molecule has 4 N–H and O–H groups in total. The van der Waals surface area contributed by atoms with Gasteiger partial charge in [-0.3, -0.25) is 9.59 Å². The molecule has 10 heteroatoms. The average molecular weight is 434 g/mol. The fraction of sp³-hybridized carbons (Fsp3) is 0.0526. The minimum atomic E-state index is -3.85. The summed E-state index contributed by atoms with van der Waals surface area (Å²) in [6.45, 7) is 0. The minimum Gasteiger partial charge on any atom is -0.459 e. The number of nitrogens with two attached hydrogens (primary N) is 1. The molecule has 1 aromatic heterocycles. The van der Waals surface area contributed by atoms with Crippen molar-refractivity contribution >= 4 is 39.0 Å². The Kier molecular flexibility index (Phi) is 6.02. The van der Waals surface area contributed by atoms with E-state index in [9.17, 15) is 18.0 Å². The first-order valence-electron chi connectivity index (χ1n) is 8.27. The number of benzene rings is 2. The van der Waals surface area contributed by atoms with E-state index >= 15 is 0 Å². The molecule has 0 unspecified atom stereocenters. The maximum atomic E-state index is 12.9. The first-order chi connectivity index (χ1) is 13.7. The number of primary sulfonamides is 1. The molecule has 0 fully saturated rings. The zero-order chi connectivity index (χ0) is 21.0. The molecular formula is C19H16ClN3O5S. The Morgan fingerprint density at radius 2 is 1.66 bits per heavy atom. The Labute approximate surface area is 171 Å². The molecule has 1 atom stereocenters. The molecule has 2 aromatic carbocycles. The third kappa shape index (κ3) is 5.23. The lowest BCUT2D eigenvalue weighted by molar-refractivity contribution is 0.0853. The highest BCUT2D eigenvalue weighted by atomic mass is 35.5. The number of nitrogens with one attached hydrogen (secondary N) is 2. The zero-order valence-corrected chi connectivity index (χ0v) is 16.4. The Morgan fingerprint density at radius 1 is 1.00 bits per heavy atom. The van der Waals surface area contributed by atoms with Crippen LogP contribution in [0.2, 0.25) is 5.02 Å². The summed E-state index contributed by atoms with van der Waals surface area (Å²) in [6, 6.07) is 14.6. The molecule has 29 heavy (non-hydrogen) atoms. The highest BCUT2D eigenvalue weighted by Gasteiger charge is 2.24. The summed E-state index contributed by atoms with van der Waals surface area (Å²) < 4.78 is 27.8. The van der Waals surface area contributed by atoms with Crippen LogP contribution in [0.5, 0.6) is 0 Å². The van der Waals surface area contributed by atoms with Crippen LogP contribution in [-0.2, 0) is 10.0 Å². The minimum absolute atomic E-state index is 0.0327. The number of furan rings is 1. The largest absolute Gasteiger partial charge is 0.459 e. The first kappa shape index (κ1) is 20.6. The predicted octanol–water partition coefficient (Wildman–Crippen LogP) is 2.63. The maximum Gasteiger partial charge on any atom is 0.288 e. The van der Waals surface area contributed by atoms with Crippen molar-refractivity contribution in [3.05, 3.63) is 83.3 Å². The number of amides is 1. The number of Topliss-reactive ketones (excluding diaryl/α,β-unsaturated/α-hetero) is 1. The van der Waals surface area contributed by atoms with Crippen LogP contribution in [-0.4, -0.2) is 26.3 Å². The van der Waals surface area contributed by atoms with Crippen LogP contribution in [0.25, 0.3) is 0 Å². The van der Waals surface area contributed by atoms with Crippen LogP contribution >= 0.6 is 11.6 Å². The quantitative estimate of drug-likeness (QED) is 0.387. The Bertz CT molecular complexity index is 1110. The molecular weight excluding hydrogens is 418 g/mol. The highest BCUT2D eigenvalue weighted by molar-refractivity contribution is 7.89. The van der Waals surface area contributed by atoms with E-state index in [4.69, 9.17) is 21.2 Å². The summed E-state index contributed by atoms with van der Waals surface area (Å²) >= 11 is 5.86. The fourth-order valence-corrected chi connectivity index (χ4v) is 3.11. The van der Waals surface area contributed by atoms with E-state index in [0.29, 0.717) is 16.3 Å². The van der Waals surface area contributed by atoms with Gasteiger partial charge in [0.05, 0.1) is 11.2 Å². The van der Waals surface area contributed by atoms with Gasteiger partial charge in [0.2, 0.25) is 15.8 Å². The monoisotopic (exact) mass is 433 g/mol. The number of carbonyl (C=O) groups is 2. The number of anilines is 1. The summed E-state index contributed by atoms with van der Waals surface area (Å²) in [5.74, 6) is -1.00. The van der Waals surface area contributed by atoms with Crippen molar-refractivity contribution in [2.24, 2.45) is 5.14 Å². The van der Waals surface area contributed by atoms with E-state index in [0.717, 1.165) is 0 Å². The Morgan fingerprint density at radius 3 is 2.21 bits per heavy atom. The third-order valence-corrected chi connectivity index (χ3v) is 5.09. The maximum absolute atomic E-state index is 12.9. The number of carbonyl (C=O) groups excluding carboxylic acids is 2. The van der Waals surface area contributed by atoms with Crippen LogP contribution in [0.4, 0.5) is 5.69 Å². The SMILES string of the molecule is NS(=O)(=O)c1ccc(N[C@H](NC(=O)c2ccco2)C(=O)c2ccc(Cl)cc2)cc1. The topological polar surface area (TPSA) is 132 Å². The van der Waals surface area contributed by atoms with E-state index < -0.39 is 27.9 Å². The zero-order valence-electron chi connectivity index (χ0n) is 14.8. The van der Waals surface area contributed by atoms with Crippen molar-refractivity contribution < 1.29 is 22.4 Å². The summed E-state index contributed by atoms with van der Waals surface area (Å²) in [5.41, 5.74) is 0.706. The average Bonchev–Trinajstić information content (AvgIpc) is 3.22. The number of hydrogen-bond donors (Lipinski definition) is 3. The van der Waals surface area contributed by atoms with E-state index in [-0.39, 0.29) is 10.7 Å². The first-order valence-corrected chi connectivity index (χ1v) is 10.2.